The lowest BCUT2D eigenvalue weighted by Crippen LogP contribution is -2.24. The molecule has 24 heavy (non-hydrogen) atoms. The molecule has 0 aliphatic carbocycles. The summed E-state index contributed by atoms with van der Waals surface area (Å²) in [7, 11) is 1.61. The van der Waals surface area contributed by atoms with Gasteiger partial charge in [0.2, 0.25) is 5.43 Å². The van der Waals surface area contributed by atoms with E-state index in [2.05, 4.69) is 5.32 Å². The SMILES string of the molecule is COCCn1ccc(=O)c(OCC(=O)Nc2ccc(Cl)cc2)c1C. The molecule has 7 heteroatoms. The molecule has 6 nitrogen and oxygen atoms in total. The van der Waals surface area contributed by atoms with Gasteiger partial charge >= 0.3 is 0 Å². The monoisotopic (exact) mass is 350 g/mol. The highest BCUT2D eigenvalue weighted by atomic mass is 35.5. The standard InChI is InChI=1S/C17H19ClN2O4/c1-12-17(15(21)7-8-20(12)9-10-23-2)24-11-16(22)19-14-5-3-13(18)4-6-14/h3-8H,9-11H2,1-2H3,(H,19,22). The van der Waals surface area contributed by atoms with Crippen molar-refractivity contribution < 1.29 is 14.3 Å². The summed E-state index contributed by atoms with van der Waals surface area (Å²) in [6, 6.07) is 8.13. The molecular formula is C17H19ClN2O4. The van der Waals surface area contributed by atoms with Crippen molar-refractivity contribution in [3.63, 3.8) is 0 Å². The van der Waals surface area contributed by atoms with Gasteiger partial charge in [-0.05, 0) is 31.2 Å². The Bertz CT molecular complexity index is 756. The van der Waals surface area contributed by atoms with Gasteiger partial charge < -0.3 is 19.4 Å². The molecule has 0 atom stereocenters. The number of benzene rings is 1. The minimum absolute atomic E-state index is 0.167. The summed E-state index contributed by atoms with van der Waals surface area (Å²) in [6.45, 7) is 2.62. The molecule has 1 amide bonds. The maximum absolute atomic E-state index is 12.0. The van der Waals surface area contributed by atoms with E-state index in [0.717, 1.165) is 0 Å². The van der Waals surface area contributed by atoms with Gasteiger partial charge in [0.05, 0.1) is 12.3 Å². The number of methoxy groups -OCH3 is 1. The van der Waals surface area contributed by atoms with Gasteiger partial charge in [-0.2, -0.15) is 0 Å². The number of hydrogen-bond donors (Lipinski definition) is 1. The number of ether oxygens (including phenoxy) is 2. The van der Waals surface area contributed by atoms with E-state index >= 15 is 0 Å². The van der Waals surface area contributed by atoms with E-state index in [4.69, 9.17) is 21.1 Å². The Hall–Kier alpha value is -2.31. The van der Waals surface area contributed by atoms with E-state index in [0.29, 0.717) is 29.6 Å². The van der Waals surface area contributed by atoms with Gasteiger partial charge in [-0.3, -0.25) is 9.59 Å². The number of amides is 1. The first kappa shape index (κ1) is 18.0. The van der Waals surface area contributed by atoms with Crippen LogP contribution in [0.3, 0.4) is 0 Å². The van der Waals surface area contributed by atoms with Crippen LogP contribution in [0.4, 0.5) is 5.69 Å². The summed E-state index contributed by atoms with van der Waals surface area (Å²) in [4.78, 5) is 23.9. The van der Waals surface area contributed by atoms with Crippen molar-refractivity contribution >= 4 is 23.2 Å². The van der Waals surface area contributed by atoms with Crippen molar-refractivity contribution in [3.8, 4) is 5.75 Å². The van der Waals surface area contributed by atoms with Crippen LogP contribution >= 0.6 is 11.6 Å². The molecule has 0 spiro atoms. The molecule has 1 aromatic carbocycles. The van der Waals surface area contributed by atoms with E-state index in [9.17, 15) is 9.59 Å². The van der Waals surface area contributed by atoms with Crippen LogP contribution in [-0.4, -0.2) is 30.8 Å². The minimum Gasteiger partial charge on any atom is -0.478 e. The van der Waals surface area contributed by atoms with Gasteiger partial charge in [0.15, 0.2) is 12.4 Å². The van der Waals surface area contributed by atoms with Crippen LogP contribution in [0.2, 0.25) is 5.02 Å². The first-order valence-electron chi connectivity index (χ1n) is 7.38. The van der Waals surface area contributed by atoms with Crippen molar-refractivity contribution in [2.75, 3.05) is 25.6 Å². The fourth-order valence-electron chi connectivity index (χ4n) is 2.13. The third-order valence-electron chi connectivity index (χ3n) is 3.40. The number of halogens is 1. The molecule has 2 aromatic rings. The molecule has 0 aliphatic heterocycles. The molecule has 1 heterocycles. The zero-order chi connectivity index (χ0) is 17.5. The summed E-state index contributed by atoms with van der Waals surface area (Å²) in [6.07, 6.45) is 1.68. The second-order valence-electron chi connectivity index (χ2n) is 5.12. The summed E-state index contributed by atoms with van der Waals surface area (Å²) in [5.74, 6) is -0.191. The maximum Gasteiger partial charge on any atom is 0.262 e. The smallest absolute Gasteiger partial charge is 0.262 e. The van der Waals surface area contributed by atoms with Gasteiger partial charge in [-0.25, -0.2) is 0 Å². The highest BCUT2D eigenvalue weighted by molar-refractivity contribution is 6.30. The highest BCUT2D eigenvalue weighted by Gasteiger charge is 2.11. The molecule has 0 saturated heterocycles. The summed E-state index contributed by atoms with van der Waals surface area (Å²) < 4.78 is 12.3. The molecule has 0 radical (unpaired) electrons. The number of pyridine rings is 1. The summed E-state index contributed by atoms with van der Waals surface area (Å²) in [5.41, 5.74) is 0.995. The van der Waals surface area contributed by atoms with Crippen LogP contribution in [0.15, 0.2) is 41.3 Å². The number of nitrogens with zero attached hydrogens (tertiary/aromatic N) is 1. The first-order valence-corrected chi connectivity index (χ1v) is 7.76. The van der Waals surface area contributed by atoms with Gasteiger partial charge in [-0.15, -0.1) is 0 Å². The highest BCUT2D eigenvalue weighted by Crippen LogP contribution is 2.14. The quantitative estimate of drug-likeness (QED) is 0.832. The van der Waals surface area contributed by atoms with Crippen molar-refractivity contribution in [1.82, 2.24) is 4.57 Å². The van der Waals surface area contributed by atoms with Gasteiger partial charge in [0.25, 0.3) is 5.91 Å². The number of nitrogens with one attached hydrogen (secondary N) is 1. The lowest BCUT2D eigenvalue weighted by atomic mass is 10.3. The Morgan fingerprint density at radius 3 is 2.62 bits per heavy atom. The predicted molar refractivity (Wildman–Crippen MR) is 92.9 cm³/mol. The van der Waals surface area contributed by atoms with Crippen LogP contribution in [0.5, 0.6) is 5.75 Å². The van der Waals surface area contributed by atoms with Crippen LogP contribution in [0, 0.1) is 6.92 Å². The van der Waals surface area contributed by atoms with Crippen LogP contribution in [0.25, 0.3) is 0 Å². The van der Waals surface area contributed by atoms with Crippen molar-refractivity contribution in [3.05, 3.63) is 57.5 Å². The molecule has 0 fully saturated rings. The first-order chi connectivity index (χ1) is 11.5. The molecule has 0 bridgehead atoms. The Morgan fingerprint density at radius 2 is 1.96 bits per heavy atom. The Labute approximate surface area is 145 Å². The molecule has 0 aliphatic rings. The lowest BCUT2D eigenvalue weighted by molar-refractivity contribution is -0.118. The third-order valence-corrected chi connectivity index (χ3v) is 3.65. The predicted octanol–water partition coefficient (Wildman–Crippen LogP) is 2.47. The van der Waals surface area contributed by atoms with Crippen molar-refractivity contribution in [1.29, 1.82) is 0 Å². The fourth-order valence-corrected chi connectivity index (χ4v) is 2.26. The van der Waals surface area contributed by atoms with Crippen LogP contribution in [-0.2, 0) is 16.1 Å². The number of aromatic nitrogens is 1. The molecule has 1 N–H and O–H groups in total. The Kier molecular flexibility index (Phi) is 6.40. The average Bonchev–Trinajstić information content (AvgIpc) is 2.56. The molecule has 0 unspecified atom stereocenters. The zero-order valence-electron chi connectivity index (χ0n) is 13.5. The number of carbonyl (C=O) groups excluding carboxylic acids is 1. The summed E-state index contributed by atoms with van der Waals surface area (Å²) >= 11 is 5.79. The number of hydrogen-bond acceptors (Lipinski definition) is 4. The maximum atomic E-state index is 12.0. The number of rotatable bonds is 7. The molecular weight excluding hydrogens is 332 g/mol. The molecule has 0 saturated carbocycles. The number of carbonyl (C=O) groups is 1. The van der Waals surface area contributed by atoms with Crippen LogP contribution in [0.1, 0.15) is 5.69 Å². The topological polar surface area (TPSA) is 69.6 Å². The zero-order valence-corrected chi connectivity index (χ0v) is 14.3. The number of anilines is 1. The second kappa shape index (κ2) is 8.52. The minimum atomic E-state index is -0.358. The van der Waals surface area contributed by atoms with Gasteiger partial charge in [0.1, 0.15) is 0 Å². The van der Waals surface area contributed by atoms with E-state index in [-0.39, 0.29) is 23.7 Å². The van der Waals surface area contributed by atoms with Crippen LogP contribution < -0.4 is 15.5 Å². The van der Waals surface area contributed by atoms with E-state index < -0.39 is 0 Å². The Morgan fingerprint density at radius 1 is 1.25 bits per heavy atom. The molecule has 128 valence electrons. The van der Waals surface area contributed by atoms with Crippen molar-refractivity contribution in [2.45, 2.75) is 13.5 Å². The summed E-state index contributed by atoms with van der Waals surface area (Å²) in [5, 5.41) is 3.26. The van der Waals surface area contributed by atoms with E-state index in [1.54, 1.807) is 44.5 Å². The fraction of sp³-hybridized carbons (Fsp3) is 0.294. The Balaban J connectivity index is 2.01. The lowest BCUT2D eigenvalue weighted by Gasteiger charge is -2.14. The second-order valence-corrected chi connectivity index (χ2v) is 5.56. The molecule has 1 aromatic heterocycles. The molecule has 2 rings (SSSR count). The largest absolute Gasteiger partial charge is 0.478 e. The van der Waals surface area contributed by atoms with E-state index in [1.807, 2.05) is 4.57 Å². The van der Waals surface area contributed by atoms with Gasteiger partial charge in [0, 0.05) is 36.6 Å². The average molecular weight is 351 g/mol. The third kappa shape index (κ3) is 4.84. The van der Waals surface area contributed by atoms with E-state index in [1.165, 1.54) is 6.07 Å². The van der Waals surface area contributed by atoms with Gasteiger partial charge in [-0.1, -0.05) is 11.6 Å². The van der Waals surface area contributed by atoms with Crippen molar-refractivity contribution in [2.24, 2.45) is 0 Å². The normalized spacial score (nSPS) is 10.5.